The zero-order valence-electron chi connectivity index (χ0n) is 12.0. The van der Waals surface area contributed by atoms with Crippen LogP contribution in [0.1, 0.15) is 16.1 Å². The molecule has 3 aromatic rings. The molecule has 0 unspecified atom stereocenters. The summed E-state index contributed by atoms with van der Waals surface area (Å²) in [5.74, 6) is -0.177. The van der Waals surface area contributed by atoms with Crippen LogP contribution in [-0.4, -0.2) is 16.1 Å². The average molecular weight is 435 g/mol. The van der Waals surface area contributed by atoms with Gasteiger partial charge >= 0.3 is 0 Å². The van der Waals surface area contributed by atoms with Crippen molar-refractivity contribution in [1.82, 2.24) is 15.5 Å². The summed E-state index contributed by atoms with van der Waals surface area (Å²) in [4.78, 5) is 12.2. The van der Waals surface area contributed by atoms with Crippen LogP contribution in [-0.2, 0) is 6.54 Å². The normalized spacial score (nSPS) is 10.5. The third-order valence-electron chi connectivity index (χ3n) is 3.33. The van der Waals surface area contributed by atoms with Crippen LogP contribution in [0.3, 0.4) is 0 Å². The second-order valence-electron chi connectivity index (χ2n) is 4.98. The number of H-pyrrole nitrogens is 1. The first-order chi connectivity index (χ1) is 11.1. The van der Waals surface area contributed by atoms with Crippen LogP contribution in [0, 0.1) is 0 Å². The highest BCUT2D eigenvalue weighted by atomic mass is 79.9. The molecule has 0 aliphatic carbocycles. The van der Waals surface area contributed by atoms with Gasteiger partial charge in [-0.3, -0.25) is 9.89 Å². The van der Waals surface area contributed by atoms with Gasteiger partial charge in [0.25, 0.3) is 5.91 Å². The van der Waals surface area contributed by atoms with Crippen molar-refractivity contribution >= 4 is 37.8 Å². The molecule has 0 aliphatic heterocycles. The van der Waals surface area contributed by atoms with Crippen LogP contribution in [0.4, 0.5) is 0 Å². The van der Waals surface area contributed by atoms with Crippen molar-refractivity contribution in [3.8, 4) is 11.3 Å². The molecule has 2 aromatic carbocycles. The van der Waals surface area contributed by atoms with Gasteiger partial charge in [-0.25, -0.2) is 0 Å². The predicted octanol–water partition coefficient (Wildman–Crippen LogP) is 4.53. The summed E-state index contributed by atoms with van der Waals surface area (Å²) in [7, 11) is 0. The van der Waals surface area contributed by atoms with Gasteiger partial charge in [0.2, 0.25) is 0 Å². The Morgan fingerprint density at radius 1 is 1.00 bits per heavy atom. The molecule has 0 radical (unpaired) electrons. The van der Waals surface area contributed by atoms with Crippen LogP contribution in [0.15, 0.2) is 63.5 Å². The quantitative estimate of drug-likeness (QED) is 0.633. The highest BCUT2D eigenvalue weighted by Gasteiger charge is 2.10. The fourth-order valence-corrected chi connectivity index (χ4v) is 2.62. The van der Waals surface area contributed by atoms with Crippen LogP contribution >= 0.6 is 31.9 Å². The van der Waals surface area contributed by atoms with E-state index in [1.165, 1.54) is 0 Å². The molecule has 0 fully saturated rings. The molecule has 0 spiro atoms. The van der Waals surface area contributed by atoms with Gasteiger partial charge in [-0.2, -0.15) is 5.10 Å². The van der Waals surface area contributed by atoms with E-state index in [4.69, 9.17) is 0 Å². The van der Waals surface area contributed by atoms with Crippen molar-refractivity contribution < 1.29 is 4.79 Å². The molecule has 0 bridgehead atoms. The Labute approximate surface area is 150 Å². The smallest absolute Gasteiger partial charge is 0.269 e. The summed E-state index contributed by atoms with van der Waals surface area (Å²) in [5.41, 5.74) is 3.18. The molecule has 0 atom stereocenters. The third kappa shape index (κ3) is 4.09. The van der Waals surface area contributed by atoms with Gasteiger partial charge in [0.05, 0.1) is 5.69 Å². The first-order valence-electron chi connectivity index (χ1n) is 6.96. The molecule has 3 rings (SSSR count). The Bertz CT molecular complexity index is 811. The lowest BCUT2D eigenvalue weighted by molar-refractivity contribution is 0.0946. The number of amides is 1. The summed E-state index contributed by atoms with van der Waals surface area (Å²) in [6.07, 6.45) is 0. The molecule has 1 aromatic heterocycles. The van der Waals surface area contributed by atoms with E-state index >= 15 is 0 Å². The maximum atomic E-state index is 12.2. The van der Waals surface area contributed by atoms with Crippen LogP contribution in [0.5, 0.6) is 0 Å². The van der Waals surface area contributed by atoms with E-state index < -0.39 is 0 Å². The second kappa shape index (κ2) is 7.10. The number of hydrogen-bond donors (Lipinski definition) is 2. The van der Waals surface area contributed by atoms with E-state index in [-0.39, 0.29) is 5.91 Å². The van der Waals surface area contributed by atoms with Crippen molar-refractivity contribution in [2.45, 2.75) is 6.54 Å². The summed E-state index contributed by atoms with van der Waals surface area (Å²) in [6, 6.07) is 17.4. The number of nitrogens with one attached hydrogen (secondary N) is 2. The van der Waals surface area contributed by atoms with Crippen LogP contribution < -0.4 is 5.32 Å². The highest BCUT2D eigenvalue weighted by Crippen LogP contribution is 2.20. The Kier molecular flexibility index (Phi) is 4.93. The first-order valence-corrected chi connectivity index (χ1v) is 8.54. The first kappa shape index (κ1) is 16.0. The molecule has 0 saturated heterocycles. The van der Waals surface area contributed by atoms with Gasteiger partial charge in [-0.05, 0) is 35.9 Å². The van der Waals surface area contributed by atoms with Gasteiger partial charge in [0.1, 0.15) is 5.69 Å². The number of aromatic nitrogens is 2. The average Bonchev–Trinajstić information content (AvgIpc) is 3.05. The Morgan fingerprint density at radius 3 is 2.26 bits per heavy atom. The third-order valence-corrected chi connectivity index (χ3v) is 4.39. The molecule has 116 valence electrons. The lowest BCUT2D eigenvalue weighted by Crippen LogP contribution is -2.23. The van der Waals surface area contributed by atoms with Crippen molar-refractivity contribution in [1.29, 1.82) is 0 Å². The molecule has 6 heteroatoms. The molecule has 2 N–H and O–H groups in total. The zero-order valence-corrected chi connectivity index (χ0v) is 15.2. The maximum absolute atomic E-state index is 12.2. The minimum Gasteiger partial charge on any atom is -0.347 e. The molecular formula is C17H13Br2N3O. The van der Waals surface area contributed by atoms with Gasteiger partial charge in [-0.1, -0.05) is 56.1 Å². The van der Waals surface area contributed by atoms with E-state index in [2.05, 4.69) is 47.4 Å². The number of hydrogen-bond acceptors (Lipinski definition) is 2. The molecule has 0 saturated carbocycles. The van der Waals surface area contributed by atoms with E-state index in [1.54, 1.807) is 6.07 Å². The largest absolute Gasteiger partial charge is 0.347 e. The molecule has 1 heterocycles. The maximum Gasteiger partial charge on any atom is 0.269 e. The lowest BCUT2D eigenvalue weighted by atomic mass is 10.1. The molecule has 23 heavy (non-hydrogen) atoms. The van der Waals surface area contributed by atoms with E-state index in [9.17, 15) is 4.79 Å². The van der Waals surface area contributed by atoms with E-state index in [1.807, 2.05) is 48.5 Å². The number of benzene rings is 2. The number of aromatic amines is 1. The minimum absolute atomic E-state index is 0.177. The summed E-state index contributed by atoms with van der Waals surface area (Å²) in [5, 5.41) is 9.85. The van der Waals surface area contributed by atoms with Crippen molar-refractivity contribution in [3.05, 3.63) is 74.8 Å². The van der Waals surface area contributed by atoms with E-state index in [0.717, 1.165) is 25.8 Å². The van der Waals surface area contributed by atoms with Crippen molar-refractivity contribution in [3.63, 3.8) is 0 Å². The van der Waals surface area contributed by atoms with Gasteiger partial charge in [0.15, 0.2) is 0 Å². The number of carbonyl (C=O) groups excluding carboxylic acids is 1. The molecule has 0 aliphatic rings. The number of rotatable bonds is 4. The number of halogens is 2. The van der Waals surface area contributed by atoms with E-state index in [0.29, 0.717) is 12.2 Å². The van der Waals surface area contributed by atoms with Crippen molar-refractivity contribution in [2.24, 2.45) is 0 Å². The molecular weight excluding hydrogens is 422 g/mol. The highest BCUT2D eigenvalue weighted by molar-refractivity contribution is 9.10. The lowest BCUT2D eigenvalue weighted by Gasteiger charge is -2.03. The predicted molar refractivity (Wildman–Crippen MR) is 97.0 cm³/mol. The van der Waals surface area contributed by atoms with Gasteiger partial charge in [0, 0.05) is 21.1 Å². The molecule has 1 amide bonds. The SMILES string of the molecule is O=C(NCc1ccc(Br)cc1)c1cc(-c2ccc(Br)cc2)n[nH]1. The summed E-state index contributed by atoms with van der Waals surface area (Å²) >= 11 is 6.79. The molecule has 4 nitrogen and oxygen atoms in total. The fraction of sp³-hybridized carbons (Fsp3) is 0.0588. The second-order valence-corrected chi connectivity index (χ2v) is 6.81. The monoisotopic (exact) mass is 433 g/mol. The fourth-order valence-electron chi connectivity index (χ4n) is 2.09. The topological polar surface area (TPSA) is 57.8 Å². The summed E-state index contributed by atoms with van der Waals surface area (Å²) in [6.45, 7) is 0.471. The van der Waals surface area contributed by atoms with Crippen LogP contribution in [0.25, 0.3) is 11.3 Å². The Balaban J connectivity index is 1.66. The van der Waals surface area contributed by atoms with Crippen LogP contribution in [0.2, 0.25) is 0 Å². The zero-order chi connectivity index (χ0) is 16.2. The van der Waals surface area contributed by atoms with Crippen molar-refractivity contribution in [2.75, 3.05) is 0 Å². The number of carbonyl (C=O) groups is 1. The Hall–Kier alpha value is -1.92. The minimum atomic E-state index is -0.177. The number of nitrogens with zero attached hydrogens (tertiary/aromatic N) is 1. The van der Waals surface area contributed by atoms with Gasteiger partial charge in [-0.15, -0.1) is 0 Å². The standard InChI is InChI=1S/C17H13Br2N3O/c18-13-5-1-11(2-6-13)10-20-17(23)16-9-15(21-22-16)12-3-7-14(19)8-4-12/h1-9H,10H2,(H,20,23)(H,21,22). The summed E-state index contributed by atoms with van der Waals surface area (Å²) < 4.78 is 2.02. The Morgan fingerprint density at radius 2 is 1.61 bits per heavy atom. The van der Waals surface area contributed by atoms with Gasteiger partial charge < -0.3 is 5.32 Å².